The van der Waals surface area contributed by atoms with E-state index in [4.69, 9.17) is 0 Å². The maximum Gasteiger partial charge on any atom is 0.222 e. The first-order chi connectivity index (χ1) is 7.91. The van der Waals surface area contributed by atoms with E-state index < -0.39 is 0 Å². The van der Waals surface area contributed by atoms with Crippen LogP contribution in [0.15, 0.2) is 24.3 Å². The molecule has 0 aliphatic heterocycles. The van der Waals surface area contributed by atoms with E-state index in [0.717, 1.165) is 5.56 Å². The van der Waals surface area contributed by atoms with E-state index >= 15 is 0 Å². The van der Waals surface area contributed by atoms with Crippen LogP contribution in [-0.4, -0.2) is 38.5 Å². The standard InChI is InChI=1S/C13H18BNO2/c1-9-4-6-10(7-5-9)13(17)11(14)8-12(16)15(2)3/h4-7,11H,8,14H2,1-3H3. The quantitative estimate of drug-likeness (QED) is 0.574. The molecular weight excluding hydrogens is 213 g/mol. The van der Waals surface area contributed by atoms with Crippen molar-refractivity contribution < 1.29 is 9.59 Å². The summed E-state index contributed by atoms with van der Waals surface area (Å²) in [5.41, 5.74) is 1.80. The molecule has 0 aromatic heterocycles. The molecule has 0 saturated carbocycles. The summed E-state index contributed by atoms with van der Waals surface area (Å²) in [5.74, 6) is -0.259. The number of amides is 1. The fourth-order valence-electron chi connectivity index (χ4n) is 1.54. The third kappa shape index (κ3) is 3.73. The molecule has 0 fully saturated rings. The normalized spacial score (nSPS) is 11.9. The first kappa shape index (κ1) is 13.5. The van der Waals surface area contributed by atoms with Crippen molar-refractivity contribution >= 4 is 19.5 Å². The monoisotopic (exact) mass is 231 g/mol. The van der Waals surface area contributed by atoms with Crippen molar-refractivity contribution in [2.45, 2.75) is 19.2 Å². The topological polar surface area (TPSA) is 37.4 Å². The molecule has 1 rings (SSSR count). The molecule has 0 N–H and O–H groups in total. The second-order valence-corrected chi connectivity index (χ2v) is 4.62. The van der Waals surface area contributed by atoms with Crippen LogP contribution in [0.25, 0.3) is 0 Å². The number of Topliss-reactive ketones (excluding diaryl/α,β-unsaturated/α-hetero) is 1. The Labute approximate surface area is 103 Å². The van der Waals surface area contributed by atoms with Gasteiger partial charge in [0.2, 0.25) is 5.91 Å². The Hall–Kier alpha value is -1.58. The lowest BCUT2D eigenvalue weighted by atomic mass is 9.78. The molecule has 0 bridgehead atoms. The van der Waals surface area contributed by atoms with Crippen LogP contribution < -0.4 is 0 Å². The van der Waals surface area contributed by atoms with E-state index in [-0.39, 0.29) is 23.9 Å². The average Bonchev–Trinajstić information content (AvgIpc) is 2.28. The Morgan fingerprint density at radius 3 is 2.24 bits per heavy atom. The first-order valence-electron chi connectivity index (χ1n) is 5.73. The van der Waals surface area contributed by atoms with Gasteiger partial charge >= 0.3 is 0 Å². The van der Waals surface area contributed by atoms with Crippen molar-refractivity contribution in [3.63, 3.8) is 0 Å². The van der Waals surface area contributed by atoms with Gasteiger partial charge in [-0.1, -0.05) is 29.8 Å². The molecule has 1 atom stereocenters. The summed E-state index contributed by atoms with van der Waals surface area (Å²) in [6.45, 7) is 1.98. The molecule has 0 heterocycles. The molecule has 3 nitrogen and oxygen atoms in total. The van der Waals surface area contributed by atoms with Gasteiger partial charge in [0.25, 0.3) is 0 Å². The maximum absolute atomic E-state index is 12.0. The van der Waals surface area contributed by atoms with Crippen LogP contribution >= 0.6 is 0 Å². The Balaban J connectivity index is 2.70. The van der Waals surface area contributed by atoms with E-state index in [1.165, 1.54) is 4.90 Å². The van der Waals surface area contributed by atoms with Crippen LogP contribution in [0.4, 0.5) is 0 Å². The minimum atomic E-state index is -0.271. The lowest BCUT2D eigenvalue weighted by Gasteiger charge is -2.14. The predicted octanol–water partition coefficient (Wildman–Crippen LogP) is 1.08. The summed E-state index contributed by atoms with van der Waals surface area (Å²) < 4.78 is 0. The van der Waals surface area contributed by atoms with Crippen molar-refractivity contribution in [1.29, 1.82) is 0 Å². The Morgan fingerprint density at radius 1 is 1.24 bits per heavy atom. The minimum Gasteiger partial charge on any atom is -0.349 e. The molecule has 1 aromatic rings. The Morgan fingerprint density at radius 2 is 1.76 bits per heavy atom. The SMILES string of the molecule is BC(CC(=O)N(C)C)C(=O)c1ccc(C)cc1. The summed E-state index contributed by atoms with van der Waals surface area (Å²) in [5, 5.41) is 0. The maximum atomic E-state index is 12.0. The van der Waals surface area contributed by atoms with Crippen molar-refractivity contribution in [2.24, 2.45) is 0 Å². The molecule has 1 amide bonds. The average molecular weight is 231 g/mol. The number of carbonyl (C=O) groups excluding carboxylic acids is 2. The molecule has 1 unspecified atom stereocenters. The second kappa shape index (κ2) is 5.66. The highest BCUT2D eigenvalue weighted by atomic mass is 16.2. The summed E-state index contributed by atoms with van der Waals surface area (Å²) in [6, 6.07) is 7.45. The Bertz CT molecular complexity index is 412. The van der Waals surface area contributed by atoms with Gasteiger partial charge in [-0.25, -0.2) is 0 Å². The van der Waals surface area contributed by atoms with Gasteiger partial charge in [-0.15, -0.1) is 0 Å². The number of carbonyl (C=O) groups is 2. The second-order valence-electron chi connectivity index (χ2n) is 4.62. The number of hydrogen-bond acceptors (Lipinski definition) is 2. The van der Waals surface area contributed by atoms with Crippen LogP contribution in [0.3, 0.4) is 0 Å². The molecule has 1 aromatic carbocycles. The Kier molecular flexibility index (Phi) is 4.49. The number of benzene rings is 1. The molecule has 0 aliphatic carbocycles. The molecule has 0 spiro atoms. The predicted molar refractivity (Wildman–Crippen MR) is 71.1 cm³/mol. The number of ketones is 1. The largest absolute Gasteiger partial charge is 0.349 e. The fourth-order valence-corrected chi connectivity index (χ4v) is 1.54. The number of hydrogen-bond donors (Lipinski definition) is 0. The molecule has 4 heteroatoms. The van der Waals surface area contributed by atoms with E-state index in [9.17, 15) is 9.59 Å². The zero-order valence-electron chi connectivity index (χ0n) is 10.9. The van der Waals surface area contributed by atoms with Gasteiger partial charge in [0, 0.05) is 31.9 Å². The van der Waals surface area contributed by atoms with Crippen molar-refractivity contribution in [3.05, 3.63) is 35.4 Å². The van der Waals surface area contributed by atoms with Crippen LogP contribution in [0, 0.1) is 6.92 Å². The van der Waals surface area contributed by atoms with Crippen LogP contribution in [0.2, 0.25) is 5.82 Å². The summed E-state index contributed by atoms with van der Waals surface area (Å²) in [6.07, 6.45) is 0.264. The zero-order chi connectivity index (χ0) is 13.0. The van der Waals surface area contributed by atoms with E-state index in [1.807, 2.05) is 31.2 Å². The van der Waals surface area contributed by atoms with Gasteiger partial charge in [-0.05, 0) is 6.92 Å². The molecule has 0 saturated heterocycles. The smallest absolute Gasteiger partial charge is 0.222 e. The van der Waals surface area contributed by atoms with Gasteiger partial charge in [0.1, 0.15) is 7.85 Å². The fraction of sp³-hybridized carbons (Fsp3) is 0.385. The van der Waals surface area contributed by atoms with Gasteiger partial charge in [0.05, 0.1) is 0 Å². The van der Waals surface area contributed by atoms with Gasteiger partial charge in [-0.3, -0.25) is 9.59 Å². The van der Waals surface area contributed by atoms with Gasteiger partial charge < -0.3 is 4.90 Å². The molecule has 0 aliphatic rings. The van der Waals surface area contributed by atoms with Crippen molar-refractivity contribution in [3.8, 4) is 0 Å². The summed E-state index contributed by atoms with van der Waals surface area (Å²) in [7, 11) is 5.19. The number of rotatable bonds is 4. The van der Waals surface area contributed by atoms with Crippen LogP contribution in [0.1, 0.15) is 22.3 Å². The van der Waals surface area contributed by atoms with Gasteiger partial charge in [0.15, 0.2) is 5.78 Å². The van der Waals surface area contributed by atoms with Gasteiger partial charge in [-0.2, -0.15) is 0 Å². The molecule has 90 valence electrons. The van der Waals surface area contributed by atoms with Crippen molar-refractivity contribution in [2.75, 3.05) is 14.1 Å². The third-order valence-corrected chi connectivity index (χ3v) is 2.76. The summed E-state index contributed by atoms with van der Waals surface area (Å²) >= 11 is 0. The van der Waals surface area contributed by atoms with Crippen LogP contribution in [0.5, 0.6) is 0 Å². The van der Waals surface area contributed by atoms with E-state index in [1.54, 1.807) is 21.9 Å². The highest BCUT2D eigenvalue weighted by molar-refractivity contribution is 6.29. The van der Waals surface area contributed by atoms with Crippen LogP contribution in [-0.2, 0) is 4.79 Å². The highest BCUT2D eigenvalue weighted by Gasteiger charge is 2.19. The minimum absolute atomic E-state index is 0.0158. The van der Waals surface area contributed by atoms with Crippen molar-refractivity contribution in [1.82, 2.24) is 4.90 Å². The first-order valence-corrected chi connectivity index (χ1v) is 5.73. The molecule has 0 radical (unpaired) electrons. The number of aryl methyl sites for hydroxylation is 1. The third-order valence-electron chi connectivity index (χ3n) is 2.76. The number of nitrogens with zero attached hydrogens (tertiary/aromatic N) is 1. The van der Waals surface area contributed by atoms with E-state index in [2.05, 4.69) is 0 Å². The highest BCUT2D eigenvalue weighted by Crippen LogP contribution is 2.16. The molecular formula is C13H18BNO2. The van der Waals surface area contributed by atoms with E-state index in [0.29, 0.717) is 5.56 Å². The molecule has 17 heavy (non-hydrogen) atoms. The summed E-state index contributed by atoms with van der Waals surface area (Å²) in [4.78, 5) is 25.1. The lowest BCUT2D eigenvalue weighted by Crippen LogP contribution is -2.25. The lowest BCUT2D eigenvalue weighted by molar-refractivity contribution is -0.128. The zero-order valence-corrected chi connectivity index (χ0v) is 10.9.